The Kier molecular flexibility index (Phi) is 11.2. The number of hydrogen-bond donors (Lipinski definition) is 0. The molecule has 0 bridgehead atoms. The molecule has 0 radical (unpaired) electrons. The second-order valence-corrected chi connectivity index (χ2v) is 8.28. The summed E-state index contributed by atoms with van der Waals surface area (Å²) < 4.78 is 12.4. The average molecular weight is 387 g/mol. The first-order chi connectivity index (χ1) is 13.8. The lowest BCUT2D eigenvalue weighted by atomic mass is 9.95. The molecule has 28 heavy (non-hydrogen) atoms. The fourth-order valence-electron chi connectivity index (χ4n) is 4.01. The summed E-state index contributed by atoms with van der Waals surface area (Å²) in [7, 11) is 0. The Morgan fingerprint density at radius 3 is 1.50 bits per heavy atom. The van der Waals surface area contributed by atoms with Crippen molar-refractivity contribution in [2.24, 2.45) is 0 Å². The minimum absolute atomic E-state index is 0.265. The van der Waals surface area contributed by atoms with Gasteiger partial charge in [-0.2, -0.15) is 0 Å². The lowest BCUT2D eigenvalue weighted by Crippen LogP contribution is -1.99. The fraction of sp³-hybridized carbons (Fsp3) is 0.692. The quantitative estimate of drug-likeness (QED) is 0.269. The maximum absolute atomic E-state index is 6.18. The zero-order valence-corrected chi connectivity index (χ0v) is 18.6. The standard InChI is InChI=1S/C26H42O2/c1-4-7-8-9-10-11-12-13-14-17-24(25-20-18-22(27-25)15-5-2)26-21-19-23(28-26)16-6-3/h18-21,24H,4-17H2,1-3H3. The van der Waals surface area contributed by atoms with Crippen molar-refractivity contribution in [3.8, 4) is 0 Å². The molecule has 0 saturated carbocycles. The summed E-state index contributed by atoms with van der Waals surface area (Å²) in [6.45, 7) is 6.68. The number of hydrogen-bond acceptors (Lipinski definition) is 2. The molecule has 0 amide bonds. The Labute approximate surface area is 173 Å². The van der Waals surface area contributed by atoms with Crippen LogP contribution in [0.15, 0.2) is 33.1 Å². The molecule has 0 aliphatic heterocycles. The van der Waals surface area contributed by atoms with Crippen LogP contribution >= 0.6 is 0 Å². The Bertz CT molecular complexity index is 578. The van der Waals surface area contributed by atoms with Gasteiger partial charge in [-0.1, -0.05) is 78.6 Å². The van der Waals surface area contributed by atoms with Gasteiger partial charge in [0, 0.05) is 12.8 Å². The Morgan fingerprint density at radius 1 is 0.571 bits per heavy atom. The van der Waals surface area contributed by atoms with Crippen LogP contribution in [0.3, 0.4) is 0 Å². The van der Waals surface area contributed by atoms with E-state index in [1.165, 1.54) is 57.8 Å². The predicted molar refractivity (Wildman–Crippen MR) is 119 cm³/mol. The van der Waals surface area contributed by atoms with Crippen molar-refractivity contribution in [2.75, 3.05) is 0 Å². The Hall–Kier alpha value is -1.44. The summed E-state index contributed by atoms with van der Waals surface area (Å²) in [5.74, 6) is 4.64. The van der Waals surface area contributed by atoms with Crippen LogP contribution in [0, 0.1) is 0 Å². The van der Waals surface area contributed by atoms with E-state index in [1.54, 1.807) is 0 Å². The summed E-state index contributed by atoms with van der Waals surface area (Å²) in [5, 5.41) is 0. The number of aryl methyl sites for hydroxylation is 2. The summed E-state index contributed by atoms with van der Waals surface area (Å²) in [5.41, 5.74) is 0. The van der Waals surface area contributed by atoms with E-state index < -0.39 is 0 Å². The zero-order valence-electron chi connectivity index (χ0n) is 18.6. The van der Waals surface area contributed by atoms with Gasteiger partial charge in [0.25, 0.3) is 0 Å². The minimum Gasteiger partial charge on any atom is -0.465 e. The molecule has 2 aromatic heterocycles. The third-order valence-electron chi connectivity index (χ3n) is 5.64. The lowest BCUT2D eigenvalue weighted by molar-refractivity contribution is 0.378. The summed E-state index contributed by atoms with van der Waals surface area (Å²) in [4.78, 5) is 0. The first kappa shape index (κ1) is 22.8. The van der Waals surface area contributed by atoms with E-state index in [-0.39, 0.29) is 5.92 Å². The number of furan rings is 2. The van der Waals surface area contributed by atoms with Gasteiger partial charge in [-0.25, -0.2) is 0 Å². The molecular weight excluding hydrogens is 344 g/mol. The highest BCUT2D eigenvalue weighted by molar-refractivity contribution is 5.22. The summed E-state index contributed by atoms with van der Waals surface area (Å²) in [6, 6.07) is 8.65. The Morgan fingerprint density at radius 2 is 1.04 bits per heavy atom. The van der Waals surface area contributed by atoms with Crippen molar-refractivity contribution in [1.29, 1.82) is 0 Å². The molecule has 158 valence electrons. The third-order valence-corrected chi connectivity index (χ3v) is 5.64. The van der Waals surface area contributed by atoms with Gasteiger partial charge < -0.3 is 8.83 Å². The van der Waals surface area contributed by atoms with Gasteiger partial charge in [-0.3, -0.25) is 0 Å². The van der Waals surface area contributed by atoms with E-state index in [9.17, 15) is 0 Å². The molecule has 2 nitrogen and oxygen atoms in total. The van der Waals surface area contributed by atoms with Crippen molar-refractivity contribution in [3.63, 3.8) is 0 Å². The zero-order chi connectivity index (χ0) is 20.0. The SMILES string of the molecule is CCCCCCCCCCCC(c1ccc(CCC)o1)c1ccc(CCC)o1. The Balaban J connectivity index is 1.85. The highest BCUT2D eigenvalue weighted by atomic mass is 16.4. The van der Waals surface area contributed by atoms with Crippen LogP contribution in [0.1, 0.15) is 127 Å². The van der Waals surface area contributed by atoms with Gasteiger partial charge in [0.05, 0.1) is 5.92 Å². The molecule has 0 aliphatic rings. The van der Waals surface area contributed by atoms with Crippen LogP contribution in [-0.4, -0.2) is 0 Å². The normalized spacial score (nSPS) is 11.6. The highest BCUT2D eigenvalue weighted by Gasteiger charge is 2.21. The van der Waals surface area contributed by atoms with Gasteiger partial charge in [0.1, 0.15) is 23.0 Å². The van der Waals surface area contributed by atoms with Crippen LogP contribution in [0.25, 0.3) is 0 Å². The fourth-order valence-corrected chi connectivity index (χ4v) is 4.01. The second-order valence-electron chi connectivity index (χ2n) is 8.28. The van der Waals surface area contributed by atoms with Crippen LogP contribution in [0.5, 0.6) is 0 Å². The molecule has 0 saturated heterocycles. The third kappa shape index (κ3) is 7.89. The van der Waals surface area contributed by atoms with E-state index in [1.807, 2.05) is 0 Å². The molecule has 0 atom stereocenters. The predicted octanol–water partition coefficient (Wildman–Crippen LogP) is 8.83. The molecular formula is C26H42O2. The van der Waals surface area contributed by atoms with Gasteiger partial charge >= 0.3 is 0 Å². The second kappa shape index (κ2) is 13.7. The van der Waals surface area contributed by atoms with Crippen LogP contribution in [0.2, 0.25) is 0 Å². The van der Waals surface area contributed by atoms with Crippen molar-refractivity contribution < 1.29 is 8.83 Å². The van der Waals surface area contributed by atoms with E-state index in [2.05, 4.69) is 45.0 Å². The summed E-state index contributed by atoms with van der Waals surface area (Å²) >= 11 is 0. The van der Waals surface area contributed by atoms with Gasteiger partial charge in [-0.15, -0.1) is 0 Å². The minimum atomic E-state index is 0.265. The molecule has 2 rings (SSSR count). The van der Waals surface area contributed by atoms with Crippen LogP contribution < -0.4 is 0 Å². The topological polar surface area (TPSA) is 26.3 Å². The van der Waals surface area contributed by atoms with Gasteiger partial charge in [0.2, 0.25) is 0 Å². The van der Waals surface area contributed by atoms with E-state index in [0.717, 1.165) is 55.1 Å². The lowest BCUT2D eigenvalue weighted by Gasteiger charge is -2.12. The first-order valence-corrected chi connectivity index (χ1v) is 12.0. The largest absolute Gasteiger partial charge is 0.465 e. The highest BCUT2D eigenvalue weighted by Crippen LogP contribution is 2.33. The van der Waals surface area contributed by atoms with Crippen molar-refractivity contribution in [2.45, 2.75) is 117 Å². The molecule has 0 fully saturated rings. The maximum Gasteiger partial charge on any atom is 0.114 e. The smallest absolute Gasteiger partial charge is 0.114 e. The van der Waals surface area contributed by atoms with E-state index in [4.69, 9.17) is 8.83 Å². The van der Waals surface area contributed by atoms with Crippen molar-refractivity contribution in [3.05, 3.63) is 47.3 Å². The molecule has 0 unspecified atom stereocenters. The molecule has 0 N–H and O–H groups in total. The number of unbranched alkanes of at least 4 members (excludes halogenated alkanes) is 8. The van der Waals surface area contributed by atoms with E-state index >= 15 is 0 Å². The molecule has 2 heteroatoms. The van der Waals surface area contributed by atoms with Gasteiger partial charge in [0.15, 0.2) is 0 Å². The molecule has 2 aromatic rings. The molecule has 2 heterocycles. The molecule has 0 aliphatic carbocycles. The van der Waals surface area contributed by atoms with Crippen LogP contribution in [0.4, 0.5) is 0 Å². The monoisotopic (exact) mass is 386 g/mol. The maximum atomic E-state index is 6.18. The number of rotatable bonds is 16. The summed E-state index contributed by atoms with van der Waals surface area (Å²) in [6.07, 6.45) is 17.7. The molecule has 0 spiro atoms. The van der Waals surface area contributed by atoms with Gasteiger partial charge in [-0.05, 0) is 43.5 Å². The van der Waals surface area contributed by atoms with Crippen molar-refractivity contribution in [1.82, 2.24) is 0 Å². The first-order valence-electron chi connectivity index (χ1n) is 12.0. The van der Waals surface area contributed by atoms with E-state index in [0.29, 0.717) is 0 Å². The van der Waals surface area contributed by atoms with Crippen LogP contribution in [-0.2, 0) is 12.8 Å². The average Bonchev–Trinajstić information content (AvgIpc) is 3.34. The molecule has 0 aromatic carbocycles. The van der Waals surface area contributed by atoms with Crippen molar-refractivity contribution >= 4 is 0 Å².